The maximum absolute atomic E-state index is 5.49. The molecule has 18 heavy (non-hydrogen) atoms. The average molecular weight is 311 g/mol. The van der Waals surface area contributed by atoms with Crippen LogP contribution in [0.5, 0.6) is 5.75 Å². The minimum Gasteiger partial charge on any atom is -0.496 e. The van der Waals surface area contributed by atoms with E-state index in [1.54, 1.807) is 7.11 Å². The van der Waals surface area contributed by atoms with Gasteiger partial charge in [0, 0.05) is 5.33 Å². The molecular weight excluding hydrogens is 288 g/mol. The molecule has 1 aromatic rings. The molecule has 1 unspecified atom stereocenters. The highest BCUT2D eigenvalue weighted by Crippen LogP contribution is 2.35. The van der Waals surface area contributed by atoms with Gasteiger partial charge in [-0.25, -0.2) is 0 Å². The number of benzene rings is 1. The third-order valence-electron chi connectivity index (χ3n) is 4.18. The van der Waals surface area contributed by atoms with Crippen molar-refractivity contribution < 1.29 is 4.74 Å². The predicted molar refractivity (Wildman–Crippen MR) is 80.7 cm³/mol. The molecule has 1 aliphatic carbocycles. The van der Waals surface area contributed by atoms with Crippen LogP contribution in [0.3, 0.4) is 0 Å². The largest absolute Gasteiger partial charge is 0.496 e. The first-order chi connectivity index (χ1) is 8.74. The van der Waals surface area contributed by atoms with Crippen LogP contribution in [0.15, 0.2) is 18.2 Å². The van der Waals surface area contributed by atoms with Crippen LogP contribution in [-0.4, -0.2) is 12.4 Å². The van der Waals surface area contributed by atoms with Crippen molar-refractivity contribution in [3.63, 3.8) is 0 Å². The number of methoxy groups -OCH3 is 1. The fraction of sp³-hybridized carbons (Fsp3) is 0.625. The van der Waals surface area contributed by atoms with E-state index in [4.69, 9.17) is 4.74 Å². The molecule has 0 saturated heterocycles. The molecule has 1 atom stereocenters. The molecule has 2 heteroatoms. The zero-order valence-corrected chi connectivity index (χ0v) is 13.0. The Hall–Kier alpha value is -0.500. The minimum atomic E-state index is 0.753. The van der Waals surface area contributed by atoms with Crippen LogP contribution in [0.25, 0.3) is 0 Å². The van der Waals surface area contributed by atoms with Gasteiger partial charge in [0.25, 0.3) is 0 Å². The molecule has 1 aliphatic rings. The number of halogens is 1. The smallest absolute Gasteiger partial charge is 0.122 e. The summed E-state index contributed by atoms with van der Waals surface area (Å²) in [5.41, 5.74) is 2.69. The van der Waals surface area contributed by atoms with Crippen LogP contribution in [0.2, 0.25) is 0 Å². The van der Waals surface area contributed by atoms with Crippen LogP contribution in [0, 0.1) is 18.8 Å². The number of hydrogen-bond donors (Lipinski definition) is 0. The summed E-state index contributed by atoms with van der Waals surface area (Å²) in [5, 5.41) is 1.11. The second kappa shape index (κ2) is 6.60. The minimum absolute atomic E-state index is 0.753. The molecule has 0 radical (unpaired) electrons. The fourth-order valence-electron chi connectivity index (χ4n) is 3.13. The second-order valence-electron chi connectivity index (χ2n) is 5.48. The van der Waals surface area contributed by atoms with E-state index in [9.17, 15) is 0 Å². The van der Waals surface area contributed by atoms with Gasteiger partial charge in [-0.2, -0.15) is 0 Å². The Bertz CT molecular complexity index is 383. The first-order valence-corrected chi connectivity index (χ1v) is 8.06. The van der Waals surface area contributed by atoms with E-state index in [2.05, 4.69) is 41.1 Å². The highest BCUT2D eigenvalue weighted by Gasteiger charge is 2.25. The lowest BCUT2D eigenvalue weighted by Crippen LogP contribution is -2.16. The molecule has 0 N–H and O–H groups in total. The van der Waals surface area contributed by atoms with Crippen LogP contribution < -0.4 is 4.74 Å². The average Bonchev–Trinajstić information content (AvgIpc) is 2.90. The highest BCUT2D eigenvalue weighted by atomic mass is 79.9. The molecule has 1 fully saturated rings. The summed E-state index contributed by atoms with van der Waals surface area (Å²) in [6, 6.07) is 6.51. The number of alkyl halides is 1. The SMILES string of the molecule is COc1ccc(C)cc1CC(CBr)C1CCCC1. The van der Waals surface area contributed by atoms with Crippen molar-refractivity contribution >= 4 is 15.9 Å². The Kier molecular flexibility index (Phi) is 5.11. The van der Waals surface area contributed by atoms with E-state index in [0.29, 0.717) is 0 Å². The Labute approximate surface area is 119 Å². The molecule has 0 aromatic heterocycles. The summed E-state index contributed by atoms with van der Waals surface area (Å²) in [6.07, 6.45) is 6.79. The Morgan fingerprint density at radius 3 is 2.67 bits per heavy atom. The van der Waals surface area contributed by atoms with E-state index in [1.807, 2.05) is 0 Å². The molecular formula is C16H23BrO. The van der Waals surface area contributed by atoms with Gasteiger partial charge in [-0.05, 0) is 36.8 Å². The molecule has 1 nitrogen and oxygen atoms in total. The molecule has 0 aliphatic heterocycles. The maximum atomic E-state index is 5.49. The second-order valence-corrected chi connectivity index (χ2v) is 6.13. The first kappa shape index (κ1) is 13.9. The molecule has 100 valence electrons. The van der Waals surface area contributed by atoms with Gasteiger partial charge >= 0.3 is 0 Å². The summed E-state index contributed by atoms with van der Waals surface area (Å²) in [4.78, 5) is 0. The van der Waals surface area contributed by atoms with Gasteiger partial charge in [0.1, 0.15) is 5.75 Å². The summed E-state index contributed by atoms with van der Waals surface area (Å²) in [5.74, 6) is 2.70. The maximum Gasteiger partial charge on any atom is 0.122 e. The van der Waals surface area contributed by atoms with Crippen molar-refractivity contribution in [2.45, 2.75) is 39.0 Å². The number of rotatable bonds is 5. The van der Waals surface area contributed by atoms with Gasteiger partial charge in [-0.1, -0.05) is 59.3 Å². The first-order valence-electron chi connectivity index (χ1n) is 6.94. The Morgan fingerprint density at radius 2 is 2.06 bits per heavy atom. The molecule has 1 saturated carbocycles. The van der Waals surface area contributed by atoms with Gasteiger partial charge < -0.3 is 4.74 Å². The summed E-state index contributed by atoms with van der Waals surface area (Å²) in [7, 11) is 1.77. The number of hydrogen-bond acceptors (Lipinski definition) is 1. The third-order valence-corrected chi connectivity index (χ3v) is 5.01. The lowest BCUT2D eigenvalue weighted by Gasteiger charge is -2.22. The standard InChI is InChI=1S/C16H23BrO/c1-12-7-8-16(18-2)14(9-12)10-15(11-17)13-5-3-4-6-13/h7-9,13,15H,3-6,10-11H2,1-2H3. The molecule has 0 heterocycles. The van der Waals surface area contributed by atoms with E-state index in [-0.39, 0.29) is 0 Å². The third kappa shape index (κ3) is 3.28. The van der Waals surface area contributed by atoms with Crippen molar-refractivity contribution in [1.82, 2.24) is 0 Å². The summed E-state index contributed by atoms with van der Waals surface area (Å²) < 4.78 is 5.49. The zero-order valence-electron chi connectivity index (χ0n) is 11.4. The van der Waals surface area contributed by atoms with Gasteiger partial charge in [0.15, 0.2) is 0 Å². The molecule has 0 bridgehead atoms. The Balaban J connectivity index is 2.12. The molecule has 1 aromatic carbocycles. The topological polar surface area (TPSA) is 9.23 Å². The molecule has 0 amide bonds. The van der Waals surface area contributed by atoms with Crippen molar-refractivity contribution in [3.05, 3.63) is 29.3 Å². The number of aryl methyl sites for hydroxylation is 1. The van der Waals surface area contributed by atoms with E-state index < -0.39 is 0 Å². The monoisotopic (exact) mass is 310 g/mol. The predicted octanol–water partition coefficient (Wildman–Crippen LogP) is 4.75. The number of ether oxygens (including phenoxy) is 1. The van der Waals surface area contributed by atoms with Crippen LogP contribution in [0.1, 0.15) is 36.8 Å². The van der Waals surface area contributed by atoms with Gasteiger partial charge in [0.05, 0.1) is 7.11 Å². The lowest BCUT2D eigenvalue weighted by molar-refractivity contribution is 0.361. The summed E-state index contributed by atoms with van der Waals surface area (Å²) >= 11 is 3.71. The van der Waals surface area contributed by atoms with Crippen molar-refractivity contribution in [2.24, 2.45) is 11.8 Å². The van der Waals surface area contributed by atoms with Crippen LogP contribution in [0.4, 0.5) is 0 Å². The molecule has 2 rings (SSSR count). The van der Waals surface area contributed by atoms with E-state index in [1.165, 1.54) is 36.8 Å². The van der Waals surface area contributed by atoms with Crippen molar-refractivity contribution in [3.8, 4) is 5.75 Å². The van der Waals surface area contributed by atoms with E-state index in [0.717, 1.165) is 29.3 Å². The fourth-order valence-corrected chi connectivity index (χ4v) is 3.88. The molecule has 0 spiro atoms. The van der Waals surface area contributed by atoms with Crippen LogP contribution in [-0.2, 0) is 6.42 Å². The van der Waals surface area contributed by atoms with E-state index >= 15 is 0 Å². The zero-order chi connectivity index (χ0) is 13.0. The van der Waals surface area contributed by atoms with Gasteiger partial charge in [-0.15, -0.1) is 0 Å². The van der Waals surface area contributed by atoms with Crippen molar-refractivity contribution in [2.75, 3.05) is 12.4 Å². The normalized spacial score (nSPS) is 17.9. The summed E-state index contributed by atoms with van der Waals surface area (Å²) in [6.45, 7) is 2.15. The van der Waals surface area contributed by atoms with Crippen LogP contribution >= 0.6 is 15.9 Å². The lowest BCUT2D eigenvalue weighted by atomic mass is 9.86. The van der Waals surface area contributed by atoms with Gasteiger partial charge in [-0.3, -0.25) is 0 Å². The Morgan fingerprint density at radius 1 is 1.33 bits per heavy atom. The quantitative estimate of drug-likeness (QED) is 0.713. The van der Waals surface area contributed by atoms with Gasteiger partial charge in [0.2, 0.25) is 0 Å². The van der Waals surface area contributed by atoms with Crippen molar-refractivity contribution in [1.29, 1.82) is 0 Å². The highest BCUT2D eigenvalue weighted by molar-refractivity contribution is 9.09.